The molecule has 198 valence electrons. The van der Waals surface area contributed by atoms with Gasteiger partial charge in [0, 0.05) is 10.9 Å². The van der Waals surface area contributed by atoms with Gasteiger partial charge in [0.1, 0.15) is 6.04 Å². The normalized spacial score (nSPS) is 12.1. The third kappa shape index (κ3) is 7.89. The number of hydrogen-bond acceptors (Lipinski definition) is 4. The number of sulfonamides is 1. The second kappa shape index (κ2) is 12.6. The maximum absolute atomic E-state index is 13.2. The van der Waals surface area contributed by atoms with Crippen LogP contribution in [0.3, 0.4) is 0 Å². The van der Waals surface area contributed by atoms with Crippen LogP contribution in [0, 0.1) is 0 Å². The van der Waals surface area contributed by atoms with Gasteiger partial charge in [-0.25, -0.2) is 13.2 Å². The summed E-state index contributed by atoms with van der Waals surface area (Å²) in [6, 6.07) is 29.3. The van der Waals surface area contributed by atoms with Gasteiger partial charge in [0.05, 0.1) is 16.7 Å². The smallest absolute Gasteiger partial charge is 0.326 e. The summed E-state index contributed by atoms with van der Waals surface area (Å²) in [6.07, 6.45) is 1.48. The minimum atomic E-state index is -3.96. The van der Waals surface area contributed by atoms with Gasteiger partial charge in [0.2, 0.25) is 0 Å². The van der Waals surface area contributed by atoms with Crippen molar-refractivity contribution in [2.24, 2.45) is 0 Å². The van der Waals surface area contributed by atoms with Crippen LogP contribution >= 0.6 is 15.9 Å². The zero-order chi connectivity index (χ0) is 27.8. The van der Waals surface area contributed by atoms with Crippen molar-refractivity contribution in [2.75, 3.05) is 4.72 Å². The van der Waals surface area contributed by atoms with E-state index in [1.54, 1.807) is 30.3 Å². The highest BCUT2D eigenvalue weighted by molar-refractivity contribution is 9.10. The molecule has 0 heterocycles. The molecule has 3 N–H and O–H groups in total. The van der Waals surface area contributed by atoms with E-state index in [1.165, 1.54) is 18.2 Å². The van der Waals surface area contributed by atoms with Crippen molar-refractivity contribution < 1.29 is 23.1 Å². The number of rotatable bonds is 10. The number of carbonyl (C=O) groups is 2. The third-order valence-electron chi connectivity index (χ3n) is 5.82. The van der Waals surface area contributed by atoms with Crippen molar-refractivity contribution in [2.45, 2.75) is 12.5 Å². The Balaban J connectivity index is 1.50. The van der Waals surface area contributed by atoms with Crippen LogP contribution < -0.4 is 10.0 Å². The van der Waals surface area contributed by atoms with Crippen molar-refractivity contribution in [3.63, 3.8) is 0 Å². The number of amides is 1. The number of benzene rings is 4. The van der Waals surface area contributed by atoms with E-state index in [0.29, 0.717) is 10.0 Å². The summed E-state index contributed by atoms with van der Waals surface area (Å²) in [7, 11) is -3.96. The Morgan fingerprint density at radius 3 is 2.10 bits per heavy atom. The quantitative estimate of drug-likeness (QED) is 0.207. The fraction of sp³-hybridized carbons (Fsp3) is 0.0667. The number of halogens is 1. The molecule has 0 aliphatic rings. The molecule has 0 saturated carbocycles. The fourth-order valence-electron chi connectivity index (χ4n) is 3.85. The average molecular weight is 606 g/mol. The first-order chi connectivity index (χ1) is 18.7. The summed E-state index contributed by atoms with van der Waals surface area (Å²) in [5.74, 6) is -1.94. The lowest BCUT2D eigenvalue weighted by Crippen LogP contribution is -2.42. The van der Waals surface area contributed by atoms with Crippen LogP contribution in [0.2, 0.25) is 0 Å². The predicted octanol–water partition coefficient (Wildman–Crippen LogP) is 5.95. The molecule has 0 fully saturated rings. The highest BCUT2D eigenvalue weighted by Gasteiger charge is 2.24. The standard InChI is InChI=1S/C30H25BrN2O5S/c31-25-15-16-27(33-39(37,38)18-17-21-7-3-1-4-8-21)26(20-25)29(34)32-28(30(35)36)19-22-11-13-24(14-12-22)23-9-5-2-6-10-23/h1-18,20,28,33H,19H2,(H,32,34)(H,35,36)/t28-/m0/s1. The van der Waals surface area contributed by atoms with E-state index in [-0.39, 0.29) is 17.7 Å². The van der Waals surface area contributed by atoms with Gasteiger partial charge < -0.3 is 10.4 Å². The largest absolute Gasteiger partial charge is 0.480 e. The van der Waals surface area contributed by atoms with Crippen molar-refractivity contribution >= 4 is 49.6 Å². The first kappa shape index (κ1) is 27.8. The Kier molecular flexibility index (Phi) is 8.96. The first-order valence-corrected chi connectivity index (χ1v) is 14.3. The minimum absolute atomic E-state index is 0.0183. The van der Waals surface area contributed by atoms with E-state index in [2.05, 4.69) is 26.0 Å². The summed E-state index contributed by atoms with van der Waals surface area (Å²) in [5.41, 5.74) is 3.44. The van der Waals surface area contributed by atoms with Gasteiger partial charge in [-0.3, -0.25) is 9.52 Å². The van der Waals surface area contributed by atoms with Crippen molar-refractivity contribution in [1.29, 1.82) is 0 Å². The molecule has 1 atom stereocenters. The molecule has 4 aromatic carbocycles. The zero-order valence-corrected chi connectivity index (χ0v) is 23.0. The lowest BCUT2D eigenvalue weighted by Gasteiger charge is -2.17. The minimum Gasteiger partial charge on any atom is -0.480 e. The molecule has 0 saturated heterocycles. The van der Waals surface area contributed by atoms with E-state index in [0.717, 1.165) is 22.1 Å². The summed E-state index contributed by atoms with van der Waals surface area (Å²) in [4.78, 5) is 25.2. The molecule has 0 bridgehead atoms. The first-order valence-electron chi connectivity index (χ1n) is 11.9. The molecule has 4 aromatic rings. The van der Waals surface area contributed by atoms with Crippen LogP contribution in [-0.2, 0) is 21.2 Å². The Hall–Kier alpha value is -4.21. The monoisotopic (exact) mass is 604 g/mol. The third-order valence-corrected chi connectivity index (χ3v) is 7.31. The zero-order valence-electron chi connectivity index (χ0n) is 20.6. The number of nitrogens with one attached hydrogen (secondary N) is 2. The van der Waals surface area contributed by atoms with Crippen LogP contribution in [0.5, 0.6) is 0 Å². The molecule has 0 spiro atoms. The number of carboxylic acids is 1. The topological polar surface area (TPSA) is 113 Å². The van der Waals surface area contributed by atoms with E-state index in [9.17, 15) is 23.1 Å². The Labute approximate surface area is 235 Å². The highest BCUT2D eigenvalue weighted by Crippen LogP contribution is 2.24. The Bertz CT molecular complexity index is 1590. The van der Waals surface area contributed by atoms with E-state index in [4.69, 9.17) is 0 Å². The van der Waals surface area contributed by atoms with E-state index < -0.39 is 27.9 Å². The molecule has 1 amide bonds. The van der Waals surface area contributed by atoms with Crippen LogP contribution in [-0.4, -0.2) is 31.4 Å². The summed E-state index contributed by atoms with van der Waals surface area (Å²) >= 11 is 3.29. The average Bonchev–Trinajstić information content (AvgIpc) is 2.94. The van der Waals surface area contributed by atoms with E-state index in [1.807, 2.05) is 60.7 Å². The van der Waals surface area contributed by atoms with Gasteiger partial charge in [0.25, 0.3) is 15.9 Å². The van der Waals surface area contributed by atoms with Gasteiger partial charge in [-0.1, -0.05) is 101 Å². The SMILES string of the molecule is O=C(N[C@@H](Cc1ccc(-c2ccccc2)cc1)C(=O)O)c1cc(Br)ccc1NS(=O)(=O)C=Cc1ccccc1. The number of aliphatic carboxylic acids is 1. The van der Waals surface area contributed by atoms with Crippen molar-refractivity contribution in [3.8, 4) is 11.1 Å². The van der Waals surface area contributed by atoms with Crippen LogP contribution in [0.1, 0.15) is 21.5 Å². The second-order valence-electron chi connectivity index (χ2n) is 8.68. The molecule has 0 aliphatic carbocycles. The molecule has 0 aromatic heterocycles. The van der Waals surface area contributed by atoms with Crippen LogP contribution in [0.15, 0.2) is 113 Å². The maximum atomic E-state index is 13.2. The molecular weight excluding hydrogens is 580 g/mol. The van der Waals surface area contributed by atoms with Gasteiger partial charge in [0.15, 0.2) is 0 Å². The molecule has 0 unspecified atom stereocenters. The molecule has 39 heavy (non-hydrogen) atoms. The molecule has 7 nitrogen and oxygen atoms in total. The van der Waals surface area contributed by atoms with Crippen LogP contribution in [0.25, 0.3) is 17.2 Å². The number of carbonyl (C=O) groups excluding carboxylic acids is 1. The molecule has 4 rings (SSSR count). The van der Waals surface area contributed by atoms with Gasteiger partial charge in [-0.15, -0.1) is 0 Å². The van der Waals surface area contributed by atoms with Crippen LogP contribution in [0.4, 0.5) is 5.69 Å². The second-order valence-corrected chi connectivity index (χ2v) is 11.2. The summed E-state index contributed by atoms with van der Waals surface area (Å²) in [6.45, 7) is 0. The van der Waals surface area contributed by atoms with Gasteiger partial charge in [-0.05, 0) is 46.5 Å². The van der Waals surface area contributed by atoms with Crippen molar-refractivity contribution in [3.05, 3.63) is 130 Å². The van der Waals surface area contributed by atoms with Crippen molar-refractivity contribution in [1.82, 2.24) is 5.32 Å². The Morgan fingerprint density at radius 1 is 0.846 bits per heavy atom. The lowest BCUT2D eigenvalue weighted by molar-refractivity contribution is -0.139. The summed E-state index contributed by atoms with van der Waals surface area (Å²) in [5, 5.41) is 13.3. The number of carboxylic acid groups (broad SMARTS) is 1. The van der Waals surface area contributed by atoms with Gasteiger partial charge >= 0.3 is 5.97 Å². The molecule has 0 aliphatic heterocycles. The molecule has 0 radical (unpaired) electrons. The predicted molar refractivity (Wildman–Crippen MR) is 157 cm³/mol. The number of anilines is 1. The fourth-order valence-corrected chi connectivity index (χ4v) is 5.10. The Morgan fingerprint density at radius 2 is 1.46 bits per heavy atom. The maximum Gasteiger partial charge on any atom is 0.326 e. The van der Waals surface area contributed by atoms with E-state index >= 15 is 0 Å². The molecule has 9 heteroatoms. The number of hydrogen-bond donors (Lipinski definition) is 3. The van der Waals surface area contributed by atoms with Gasteiger partial charge in [-0.2, -0.15) is 0 Å². The summed E-state index contributed by atoms with van der Waals surface area (Å²) < 4.78 is 28.3. The highest BCUT2D eigenvalue weighted by atomic mass is 79.9. The lowest BCUT2D eigenvalue weighted by atomic mass is 10.0. The molecular formula is C30H25BrN2O5S.